The highest BCUT2D eigenvalue weighted by Gasteiger charge is 2.22. The first-order valence-electron chi connectivity index (χ1n) is 6.76. The van der Waals surface area contributed by atoms with Gasteiger partial charge < -0.3 is 15.4 Å². The van der Waals surface area contributed by atoms with Gasteiger partial charge in [0.2, 0.25) is 0 Å². The highest BCUT2D eigenvalue weighted by atomic mass is 16.5. The van der Waals surface area contributed by atoms with E-state index in [1.54, 1.807) is 19.2 Å². The number of hydrogen-bond acceptors (Lipinski definition) is 5. The predicted molar refractivity (Wildman–Crippen MR) is 75.2 cm³/mol. The molecule has 5 nitrogen and oxygen atoms in total. The number of anilines is 2. The highest BCUT2D eigenvalue weighted by Crippen LogP contribution is 2.30. The maximum atomic E-state index is 11.8. The first kappa shape index (κ1) is 13.6. The number of nitrogen functional groups attached to an aromatic ring is 1. The summed E-state index contributed by atoms with van der Waals surface area (Å²) in [6, 6.07) is 1.61. The molecule has 19 heavy (non-hydrogen) atoms. The third-order valence-electron chi connectivity index (χ3n) is 3.58. The number of carbonyl (C=O) groups is 1. The largest absolute Gasteiger partial charge is 0.462 e. The SMILES string of the molecule is CCOC(=O)c1ccnc(N(C)CC2CCC2)c1N. The van der Waals surface area contributed by atoms with Crippen molar-refractivity contribution in [1.82, 2.24) is 4.98 Å². The van der Waals surface area contributed by atoms with Crippen molar-refractivity contribution in [1.29, 1.82) is 0 Å². The van der Waals surface area contributed by atoms with Crippen molar-refractivity contribution in [3.8, 4) is 0 Å². The molecule has 1 saturated carbocycles. The van der Waals surface area contributed by atoms with Crippen LogP contribution in [0, 0.1) is 5.92 Å². The van der Waals surface area contributed by atoms with E-state index in [0.717, 1.165) is 12.5 Å². The Kier molecular flexibility index (Phi) is 4.24. The molecule has 104 valence electrons. The third-order valence-corrected chi connectivity index (χ3v) is 3.58. The molecule has 5 heteroatoms. The van der Waals surface area contributed by atoms with Gasteiger partial charge in [-0.3, -0.25) is 0 Å². The zero-order chi connectivity index (χ0) is 13.8. The monoisotopic (exact) mass is 263 g/mol. The molecule has 1 aromatic rings. The van der Waals surface area contributed by atoms with Crippen LogP contribution < -0.4 is 10.6 Å². The topological polar surface area (TPSA) is 68.5 Å². The van der Waals surface area contributed by atoms with E-state index in [-0.39, 0.29) is 5.97 Å². The summed E-state index contributed by atoms with van der Waals surface area (Å²) in [6.07, 6.45) is 5.45. The molecule has 0 bridgehead atoms. The Morgan fingerprint density at radius 2 is 2.32 bits per heavy atom. The van der Waals surface area contributed by atoms with Gasteiger partial charge in [0, 0.05) is 19.8 Å². The first-order valence-corrected chi connectivity index (χ1v) is 6.76. The summed E-state index contributed by atoms with van der Waals surface area (Å²) in [5.41, 5.74) is 6.85. The van der Waals surface area contributed by atoms with Crippen molar-refractivity contribution in [2.45, 2.75) is 26.2 Å². The fourth-order valence-electron chi connectivity index (χ4n) is 2.30. The zero-order valence-electron chi connectivity index (χ0n) is 11.6. The molecular formula is C14H21N3O2. The number of esters is 1. The van der Waals surface area contributed by atoms with E-state index in [4.69, 9.17) is 10.5 Å². The molecule has 1 fully saturated rings. The van der Waals surface area contributed by atoms with E-state index in [1.165, 1.54) is 19.3 Å². The van der Waals surface area contributed by atoms with Crippen LogP contribution in [0.15, 0.2) is 12.3 Å². The van der Waals surface area contributed by atoms with Crippen LogP contribution in [0.4, 0.5) is 11.5 Å². The van der Waals surface area contributed by atoms with Crippen LogP contribution in [0.25, 0.3) is 0 Å². The molecule has 0 aliphatic heterocycles. The Labute approximate surface area is 113 Å². The second-order valence-electron chi connectivity index (χ2n) is 4.99. The molecule has 0 unspecified atom stereocenters. The number of hydrogen-bond donors (Lipinski definition) is 1. The maximum absolute atomic E-state index is 11.8. The Hall–Kier alpha value is -1.78. The fraction of sp³-hybridized carbons (Fsp3) is 0.571. The van der Waals surface area contributed by atoms with Gasteiger partial charge in [-0.25, -0.2) is 9.78 Å². The van der Waals surface area contributed by atoms with Gasteiger partial charge in [-0.05, 0) is 31.7 Å². The van der Waals surface area contributed by atoms with Gasteiger partial charge in [-0.2, -0.15) is 0 Å². The number of carbonyl (C=O) groups excluding carboxylic acids is 1. The summed E-state index contributed by atoms with van der Waals surface area (Å²) in [6.45, 7) is 3.05. The first-order chi connectivity index (χ1) is 9.13. The quantitative estimate of drug-likeness (QED) is 0.824. The van der Waals surface area contributed by atoms with Gasteiger partial charge in [0.05, 0.1) is 17.9 Å². The lowest BCUT2D eigenvalue weighted by atomic mass is 9.85. The van der Waals surface area contributed by atoms with Gasteiger partial charge in [-0.15, -0.1) is 0 Å². The summed E-state index contributed by atoms with van der Waals surface area (Å²) in [7, 11) is 1.96. The van der Waals surface area contributed by atoms with E-state index in [9.17, 15) is 4.79 Å². The summed E-state index contributed by atoms with van der Waals surface area (Å²) in [5, 5.41) is 0. The normalized spacial score (nSPS) is 14.8. The van der Waals surface area contributed by atoms with Gasteiger partial charge in [0.15, 0.2) is 5.82 Å². The summed E-state index contributed by atoms with van der Waals surface area (Å²) >= 11 is 0. The van der Waals surface area contributed by atoms with Crippen LogP contribution in [0.5, 0.6) is 0 Å². The van der Waals surface area contributed by atoms with Crippen molar-refractivity contribution in [2.75, 3.05) is 30.8 Å². The van der Waals surface area contributed by atoms with Crippen LogP contribution in [0.3, 0.4) is 0 Å². The number of ether oxygens (including phenoxy) is 1. The third kappa shape index (κ3) is 2.97. The molecule has 0 amide bonds. The average Bonchev–Trinajstić information content (AvgIpc) is 2.34. The van der Waals surface area contributed by atoms with Gasteiger partial charge in [-0.1, -0.05) is 6.42 Å². The number of pyridine rings is 1. The Balaban J connectivity index is 2.15. The van der Waals surface area contributed by atoms with Gasteiger partial charge >= 0.3 is 5.97 Å². The second-order valence-corrected chi connectivity index (χ2v) is 4.99. The Morgan fingerprint density at radius 1 is 1.58 bits per heavy atom. The molecule has 0 radical (unpaired) electrons. The van der Waals surface area contributed by atoms with Crippen LogP contribution in [0.1, 0.15) is 36.5 Å². The molecule has 1 heterocycles. The summed E-state index contributed by atoms with van der Waals surface area (Å²) < 4.78 is 4.99. The molecule has 2 rings (SSSR count). The van der Waals surface area contributed by atoms with Crippen molar-refractivity contribution in [3.63, 3.8) is 0 Å². The standard InChI is InChI=1S/C14H21N3O2/c1-3-19-14(18)11-7-8-16-13(12(11)15)17(2)9-10-5-4-6-10/h7-8,10H,3-6,9,15H2,1-2H3. The molecule has 0 saturated heterocycles. The molecular weight excluding hydrogens is 242 g/mol. The van der Waals surface area contributed by atoms with Crippen molar-refractivity contribution in [3.05, 3.63) is 17.8 Å². The molecule has 1 aliphatic carbocycles. The molecule has 2 N–H and O–H groups in total. The van der Waals surface area contributed by atoms with E-state index in [0.29, 0.717) is 23.7 Å². The molecule has 0 aromatic carbocycles. The van der Waals surface area contributed by atoms with Crippen LogP contribution in [-0.2, 0) is 4.74 Å². The maximum Gasteiger partial charge on any atom is 0.340 e. The molecule has 0 spiro atoms. The Bertz CT molecular complexity index is 458. The van der Waals surface area contributed by atoms with Crippen LogP contribution >= 0.6 is 0 Å². The van der Waals surface area contributed by atoms with Crippen molar-refractivity contribution >= 4 is 17.5 Å². The zero-order valence-corrected chi connectivity index (χ0v) is 11.6. The minimum absolute atomic E-state index is 0.341. The predicted octanol–water partition coefficient (Wildman–Crippen LogP) is 2.08. The van der Waals surface area contributed by atoms with E-state index < -0.39 is 0 Å². The number of nitrogens with two attached hydrogens (primary N) is 1. The molecule has 0 atom stereocenters. The number of nitrogens with zero attached hydrogens (tertiary/aromatic N) is 2. The summed E-state index contributed by atoms with van der Waals surface area (Å²) in [5.74, 6) is 0.996. The molecule has 1 aliphatic rings. The van der Waals surface area contributed by atoms with E-state index in [2.05, 4.69) is 4.98 Å². The lowest BCUT2D eigenvalue weighted by Crippen LogP contribution is -2.30. The number of aromatic nitrogens is 1. The lowest BCUT2D eigenvalue weighted by Gasteiger charge is -2.31. The van der Waals surface area contributed by atoms with Crippen LogP contribution in [0.2, 0.25) is 0 Å². The minimum atomic E-state index is -0.388. The van der Waals surface area contributed by atoms with Crippen LogP contribution in [-0.4, -0.2) is 31.2 Å². The summed E-state index contributed by atoms with van der Waals surface area (Å²) in [4.78, 5) is 18.1. The fourth-order valence-corrected chi connectivity index (χ4v) is 2.30. The van der Waals surface area contributed by atoms with Crippen molar-refractivity contribution in [2.24, 2.45) is 5.92 Å². The molecule has 1 aromatic heterocycles. The highest BCUT2D eigenvalue weighted by molar-refractivity contribution is 5.97. The minimum Gasteiger partial charge on any atom is -0.462 e. The van der Waals surface area contributed by atoms with Gasteiger partial charge in [0.25, 0.3) is 0 Å². The van der Waals surface area contributed by atoms with Crippen molar-refractivity contribution < 1.29 is 9.53 Å². The van der Waals surface area contributed by atoms with E-state index in [1.807, 2.05) is 11.9 Å². The number of rotatable bonds is 5. The second kappa shape index (κ2) is 5.91. The Morgan fingerprint density at radius 3 is 2.89 bits per heavy atom. The average molecular weight is 263 g/mol. The smallest absolute Gasteiger partial charge is 0.340 e. The van der Waals surface area contributed by atoms with Gasteiger partial charge in [0.1, 0.15) is 0 Å². The lowest BCUT2D eigenvalue weighted by molar-refractivity contribution is 0.0527. The van der Waals surface area contributed by atoms with E-state index >= 15 is 0 Å².